The number of hydrogen-bond donors (Lipinski definition) is 0. The number of carbonyl (C=O) groups excluding carboxylic acids is 1. The lowest BCUT2D eigenvalue weighted by Crippen LogP contribution is -2.32. The van der Waals surface area contributed by atoms with Crippen LogP contribution in [-0.4, -0.2) is 30.5 Å². The molecule has 0 bridgehead atoms. The highest BCUT2D eigenvalue weighted by Crippen LogP contribution is 2.43. The number of halogens is 2. The van der Waals surface area contributed by atoms with Gasteiger partial charge in [0.05, 0.1) is 5.56 Å². The second-order valence-corrected chi connectivity index (χ2v) is 9.91. The van der Waals surface area contributed by atoms with Gasteiger partial charge in [-0.2, -0.15) is 0 Å². The van der Waals surface area contributed by atoms with Crippen molar-refractivity contribution < 1.29 is 14.3 Å². The maximum atomic E-state index is 13.3. The number of ether oxygens (including phenoxy) is 2. The summed E-state index contributed by atoms with van der Waals surface area (Å²) in [5.41, 5.74) is 5.44. The third kappa shape index (κ3) is 4.71. The Bertz CT molecular complexity index is 1350. The van der Waals surface area contributed by atoms with Gasteiger partial charge in [0.15, 0.2) is 5.76 Å². The third-order valence-electron chi connectivity index (χ3n) is 6.73. The van der Waals surface area contributed by atoms with Crippen molar-refractivity contribution in [3.05, 3.63) is 92.2 Å². The molecule has 36 heavy (non-hydrogen) atoms. The second kappa shape index (κ2) is 10.2. The first kappa shape index (κ1) is 24.7. The van der Waals surface area contributed by atoms with Crippen LogP contribution in [-0.2, 0) is 13.1 Å². The van der Waals surface area contributed by atoms with Crippen molar-refractivity contribution in [3.8, 4) is 11.5 Å². The number of Topliss-reactive ketones (excluding diaryl/α,β-unsaturated/α-hetero) is 1. The first-order valence-electron chi connectivity index (χ1n) is 12.1. The van der Waals surface area contributed by atoms with E-state index >= 15 is 0 Å². The molecule has 0 saturated heterocycles. The summed E-state index contributed by atoms with van der Waals surface area (Å²) < 4.78 is 12.2. The summed E-state index contributed by atoms with van der Waals surface area (Å²) in [5, 5.41) is 1.24. The number of hydrogen-bond acceptors (Lipinski definition) is 5. The van der Waals surface area contributed by atoms with Gasteiger partial charge in [-0.1, -0.05) is 41.4 Å². The molecule has 0 amide bonds. The number of rotatable bonds is 6. The molecule has 7 heteroatoms. The Balaban J connectivity index is 1.37. The summed E-state index contributed by atoms with van der Waals surface area (Å²) >= 11 is 12.4. The molecule has 0 saturated carbocycles. The molecule has 5 nitrogen and oxygen atoms in total. The van der Waals surface area contributed by atoms with Crippen LogP contribution in [0.1, 0.15) is 46.5 Å². The number of anilines is 1. The fourth-order valence-corrected chi connectivity index (χ4v) is 5.28. The van der Waals surface area contributed by atoms with E-state index in [2.05, 4.69) is 35.8 Å². The van der Waals surface area contributed by atoms with Gasteiger partial charge in [0, 0.05) is 53.0 Å². The van der Waals surface area contributed by atoms with Crippen molar-refractivity contribution in [2.24, 2.45) is 0 Å². The van der Waals surface area contributed by atoms with E-state index in [0.29, 0.717) is 46.9 Å². The highest BCUT2D eigenvalue weighted by Gasteiger charge is 2.33. The maximum absolute atomic E-state index is 13.3. The first-order chi connectivity index (χ1) is 17.4. The quantitative estimate of drug-likeness (QED) is 0.322. The largest absolute Gasteiger partial charge is 0.477 e. The Kier molecular flexibility index (Phi) is 6.98. The van der Waals surface area contributed by atoms with Gasteiger partial charge in [0.25, 0.3) is 0 Å². The molecule has 2 heterocycles. The zero-order valence-electron chi connectivity index (χ0n) is 20.6. The highest BCUT2D eigenvalue weighted by molar-refractivity contribution is 6.35. The molecule has 0 unspecified atom stereocenters. The van der Waals surface area contributed by atoms with Gasteiger partial charge in [-0.15, -0.1) is 0 Å². The summed E-state index contributed by atoms with van der Waals surface area (Å²) in [6.45, 7) is 9.79. The van der Waals surface area contributed by atoms with Crippen LogP contribution >= 0.6 is 23.2 Å². The van der Waals surface area contributed by atoms with Crippen LogP contribution in [0.25, 0.3) is 6.08 Å². The summed E-state index contributed by atoms with van der Waals surface area (Å²) in [4.78, 5) is 17.7. The zero-order chi connectivity index (χ0) is 25.4. The highest BCUT2D eigenvalue weighted by atomic mass is 35.5. The Morgan fingerprint density at radius 3 is 2.47 bits per heavy atom. The van der Waals surface area contributed by atoms with Crippen LogP contribution in [0.5, 0.6) is 11.5 Å². The third-order valence-corrected chi connectivity index (χ3v) is 7.32. The van der Waals surface area contributed by atoms with Crippen molar-refractivity contribution in [1.29, 1.82) is 0 Å². The molecule has 0 atom stereocenters. The molecule has 5 rings (SSSR count). The lowest BCUT2D eigenvalue weighted by atomic mass is 9.99. The summed E-state index contributed by atoms with van der Waals surface area (Å²) in [7, 11) is 0. The van der Waals surface area contributed by atoms with Gasteiger partial charge in [-0.05, 0) is 68.3 Å². The van der Waals surface area contributed by atoms with Crippen LogP contribution in [0.3, 0.4) is 0 Å². The van der Waals surface area contributed by atoms with Crippen molar-refractivity contribution in [1.82, 2.24) is 4.90 Å². The van der Waals surface area contributed by atoms with Crippen LogP contribution < -0.4 is 14.4 Å². The van der Waals surface area contributed by atoms with Gasteiger partial charge >= 0.3 is 0 Å². The molecule has 0 aliphatic carbocycles. The molecule has 2 aliphatic rings. The number of carbonyl (C=O) groups is 1. The average molecular weight is 523 g/mol. The fourth-order valence-electron chi connectivity index (χ4n) is 4.81. The standard InChI is InChI=1S/C29H28Cl2N2O3/c1-4-33(5-2)23-10-6-19(7-11-23)12-26-27(34)24-13-21-16-32(15-20-8-9-22(30)14-25(20)31)17-35-28(21)18(3)29(24)36-26/h6-14H,4-5,15-17H2,1-3H3/b26-12-. The lowest BCUT2D eigenvalue weighted by molar-refractivity contribution is 0.0877. The van der Waals surface area contributed by atoms with Crippen molar-refractivity contribution in [3.63, 3.8) is 0 Å². The Hall–Kier alpha value is -2.99. The molecular formula is C29H28Cl2N2O3. The minimum Gasteiger partial charge on any atom is -0.477 e. The van der Waals surface area contributed by atoms with E-state index < -0.39 is 0 Å². The first-order valence-corrected chi connectivity index (χ1v) is 12.9. The molecule has 0 N–H and O–H groups in total. The van der Waals surface area contributed by atoms with Crippen molar-refractivity contribution in [2.75, 3.05) is 24.7 Å². The fraction of sp³-hybridized carbons (Fsp3) is 0.276. The van der Waals surface area contributed by atoms with E-state index in [1.807, 2.05) is 43.3 Å². The SMILES string of the molecule is CCN(CC)c1ccc(/C=C2\Oc3c(cc4c(c3C)OCN(Cc3ccc(Cl)cc3Cl)C4)C2=O)cc1. The summed E-state index contributed by atoms with van der Waals surface area (Å²) in [6.07, 6.45) is 1.81. The normalized spacial score (nSPS) is 15.9. The molecule has 2 aliphatic heterocycles. The van der Waals surface area contributed by atoms with Gasteiger partial charge in [0.2, 0.25) is 5.78 Å². The average Bonchev–Trinajstić information content (AvgIpc) is 3.18. The van der Waals surface area contributed by atoms with Crippen molar-refractivity contribution in [2.45, 2.75) is 33.9 Å². The number of nitrogens with zero attached hydrogens (tertiary/aromatic N) is 2. The molecule has 3 aromatic carbocycles. The summed E-state index contributed by atoms with van der Waals surface area (Å²) in [6, 6.07) is 15.6. The molecular weight excluding hydrogens is 495 g/mol. The smallest absolute Gasteiger partial charge is 0.231 e. The molecule has 0 spiro atoms. The van der Waals surface area contributed by atoms with Gasteiger partial charge in [-0.3, -0.25) is 9.69 Å². The van der Waals surface area contributed by atoms with Crippen molar-refractivity contribution >= 4 is 40.7 Å². The lowest BCUT2D eigenvalue weighted by Gasteiger charge is -2.30. The van der Waals surface area contributed by atoms with E-state index in [1.165, 1.54) is 0 Å². The maximum Gasteiger partial charge on any atom is 0.231 e. The number of fused-ring (bicyclic) bond motifs is 2. The predicted molar refractivity (Wildman–Crippen MR) is 145 cm³/mol. The molecule has 3 aromatic rings. The van der Waals surface area contributed by atoms with Crippen LogP contribution in [0.15, 0.2) is 54.3 Å². The zero-order valence-corrected chi connectivity index (χ0v) is 22.1. The van der Waals surface area contributed by atoms with Crippen LogP contribution in [0.2, 0.25) is 10.0 Å². The molecule has 0 fully saturated rings. The molecule has 0 radical (unpaired) electrons. The van der Waals surface area contributed by atoms with E-state index in [0.717, 1.165) is 46.8 Å². The number of allylic oxidation sites excluding steroid dienone is 1. The Morgan fingerprint density at radius 2 is 1.78 bits per heavy atom. The Labute approximate surface area is 221 Å². The minimum atomic E-state index is -0.110. The minimum absolute atomic E-state index is 0.110. The van der Waals surface area contributed by atoms with E-state index in [4.69, 9.17) is 32.7 Å². The van der Waals surface area contributed by atoms with Crippen LogP contribution in [0, 0.1) is 6.92 Å². The van der Waals surface area contributed by atoms with Gasteiger partial charge < -0.3 is 14.4 Å². The van der Waals surface area contributed by atoms with Gasteiger partial charge in [-0.25, -0.2) is 0 Å². The number of benzene rings is 3. The summed E-state index contributed by atoms with van der Waals surface area (Å²) in [5.74, 6) is 1.58. The van der Waals surface area contributed by atoms with Crippen LogP contribution in [0.4, 0.5) is 5.69 Å². The van der Waals surface area contributed by atoms with E-state index in [-0.39, 0.29) is 5.78 Å². The van der Waals surface area contributed by atoms with E-state index in [9.17, 15) is 4.79 Å². The second-order valence-electron chi connectivity index (χ2n) is 9.07. The van der Waals surface area contributed by atoms with E-state index in [1.54, 1.807) is 6.07 Å². The molecule has 0 aromatic heterocycles. The Morgan fingerprint density at radius 1 is 1.03 bits per heavy atom. The predicted octanol–water partition coefficient (Wildman–Crippen LogP) is 7.12. The van der Waals surface area contributed by atoms with Gasteiger partial charge in [0.1, 0.15) is 18.2 Å². The number of ketones is 1. The molecule has 186 valence electrons. The monoisotopic (exact) mass is 522 g/mol. The topological polar surface area (TPSA) is 42.0 Å².